The van der Waals surface area contributed by atoms with Crippen molar-refractivity contribution in [2.75, 3.05) is 0 Å². The Bertz CT molecular complexity index is 1580. The van der Waals surface area contributed by atoms with Crippen molar-refractivity contribution in [3.8, 4) is 22.5 Å². The van der Waals surface area contributed by atoms with Crippen LogP contribution in [0, 0.1) is 0 Å². The van der Waals surface area contributed by atoms with E-state index in [4.69, 9.17) is 23.2 Å². The zero-order valence-corrected chi connectivity index (χ0v) is 21.3. The van der Waals surface area contributed by atoms with Gasteiger partial charge in [-0.25, -0.2) is 0 Å². The summed E-state index contributed by atoms with van der Waals surface area (Å²) in [6, 6.07) is 15.9. The van der Waals surface area contributed by atoms with Crippen molar-refractivity contribution in [2.45, 2.75) is 19.3 Å². The van der Waals surface area contributed by atoms with Crippen LogP contribution in [0.15, 0.2) is 66.9 Å². The maximum atomic E-state index is 13.0. The number of aromatic amines is 1. The molecule has 14 heteroatoms. The smallest absolute Gasteiger partial charge is 0.345 e. The second-order valence-corrected chi connectivity index (χ2v) is 9.24. The Labute approximate surface area is 229 Å². The predicted molar refractivity (Wildman–Crippen MR) is 137 cm³/mol. The number of nitrogens with one attached hydrogen (secondary N) is 2. The summed E-state index contributed by atoms with van der Waals surface area (Å²) in [5, 5.41) is 21.5. The van der Waals surface area contributed by atoms with Crippen LogP contribution in [0.4, 0.5) is 13.2 Å². The summed E-state index contributed by atoms with van der Waals surface area (Å²) in [6.45, 7) is 0.412. The molecule has 0 spiro atoms. The van der Waals surface area contributed by atoms with E-state index < -0.39 is 11.9 Å². The number of hydrogen-bond donors (Lipinski definition) is 2. The molecule has 3 heterocycles. The molecule has 0 aliphatic heterocycles. The third kappa shape index (κ3) is 6.24. The maximum absolute atomic E-state index is 13.0. The van der Waals surface area contributed by atoms with Gasteiger partial charge in [0, 0.05) is 32.9 Å². The van der Waals surface area contributed by atoms with E-state index in [0.717, 1.165) is 17.8 Å². The van der Waals surface area contributed by atoms with Gasteiger partial charge in [-0.05, 0) is 54.1 Å². The van der Waals surface area contributed by atoms with Gasteiger partial charge in [0.25, 0.3) is 5.91 Å². The highest BCUT2D eigenvalue weighted by Gasteiger charge is 2.32. The van der Waals surface area contributed by atoms with Crippen molar-refractivity contribution in [3.63, 3.8) is 0 Å². The third-order valence-corrected chi connectivity index (χ3v) is 6.07. The average Bonchev–Trinajstić information content (AvgIpc) is 3.57. The normalized spacial score (nSPS) is 11.5. The van der Waals surface area contributed by atoms with E-state index in [1.165, 1.54) is 6.07 Å². The minimum atomic E-state index is -4.54. The van der Waals surface area contributed by atoms with Crippen molar-refractivity contribution in [2.24, 2.45) is 0 Å². The Hall–Kier alpha value is -4.29. The van der Waals surface area contributed by atoms with Crippen LogP contribution in [0.3, 0.4) is 0 Å². The van der Waals surface area contributed by atoms with Gasteiger partial charge in [0.1, 0.15) is 5.69 Å². The lowest BCUT2D eigenvalue weighted by Gasteiger charge is -2.10. The molecule has 0 saturated carbocycles. The molecule has 5 rings (SSSR count). The number of benzene rings is 2. The van der Waals surface area contributed by atoms with Gasteiger partial charge >= 0.3 is 6.18 Å². The van der Waals surface area contributed by atoms with Crippen LogP contribution in [0.25, 0.3) is 22.5 Å². The lowest BCUT2D eigenvalue weighted by Crippen LogP contribution is -2.23. The number of H-pyrrole nitrogens is 1. The van der Waals surface area contributed by atoms with Crippen LogP contribution >= 0.6 is 23.2 Å². The van der Waals surface area contributed by atoms with Gasteiger partial charge in [-0.15, -0.1) is 10.2 Å². The van der Waals surface area contributed by atoms with E-state index in [2.05, 4.69) is 36.0 Å². The van der Waals surface area contributed by atoms with Gasteiger partial charge < -0.3 is 5.32 Å². The summed E-state index contributed by atoms with van der Waals surface area (Å²) in [4.78, 5) is 16.0. The molecule has 0 fully saturated rings. The summed E-state index contributed by atoms with van der Waals surface area (Å²) in [6.07, 6.45) is -3.41. The number of carbonyl (C=O) groups excluding carboxylic acids is 1. The first-order chi connectivity index (χ1) is 18.7. The minimum absolute atomic E-state index is 0.123. The first kappa shape index (κ1) is 26.3. The Kier molecular flexibility index (Phi) is 7.31. The van der Waals surface area contributed by atoms with E-state index in [0.29, 0.717) is 43.9 Å². The van der Waals surface area contributed by atoms with E-state index >= 15 is 0 Å². The molecule has 198 valence electrons. The number of alkyl halides is 3. The lowest BCUT2D eigenvalue weighted by molar-refractivity contribution is -0.141. The number of aromatic nitrogens is 7. The average molecular weight is 573 g/mol. The fourth-order valence-corrected chi connectivity index (χ4v) is 4.30. The van der Waals surface area contributed by atoms with E-state index in [1.54, 1.807) is 53.2 Å². The summed E-state index contributed by atoms with van der Waals surface area (Å²) < 4.78 is 40.6. The van der Waals surface area contributed by atoms with Crippen LogP contribution < -0.4 is 5.32 Å². The molecule has 0 aliphatic carbocycles. The summed E-state index contributed by atoms with van der Waals surface area (Å²) >= 11 is 12.4. The molecule has 0 aliphatic rings. The van der Waals surface area contributed by atoms with Gasteiger partial charge in [-0.1, -0.05) is 40.5 Å². The summed E-state index contributed by atoms with van der Waals surface area (Å²) in [5.41, 5.74) is 2.39. The van der Waals surface area contributed by atoms with E-state index in [1.807, 2.05) is 0 Å². The quantitative estimate of drug-likeness (QED) is 0.269. The number of carbonyl (C=O) groups is 1. The molecule has 0 bridgehead atoms. The van der Waals surface area contributed by atoms with Crippen LogP contribution in [0.1, 0.15) is 27.4 Å². The van der Waals surface area contributed by atoms with Gasteiger partial charge in [-0.3, -0.25) is 14.5 Å². The molecule has 39 heavy (non-hydrogen) atoms. The second kappa shape index (κ2) is 10.8. The van der Waals surface area contributed by atoms with Gasteiger partial charge in [-0.2, -0.15) is 23.5 Å². The zero-order valence-electron chi connectivity index (χ0n) is 19.7. The highest BCUT2D eigenvalue weighted by molar-refractivity contribution is 6.35. The maximum Gasteiger partial charge on any atom is 0.433 e. The minimum Gasteiger partial charge on any atom is -0.345 e. The van der Waals surface area contributed by atoms with Gasteiger partial charge in [0.15, 0.2) is 5.82 Å². The lowest BCUT2D eigenvalue weighted by atomic mass is 10.1. The molecule has 9 nitrogen and oxygen atoms in total. The van der Waals surface area contributed by atoms with Crippen LogP contribution in [0.2, 0.25) is 10.0 Å². The number of tetrazole rings is 1. The molecule has 0 unspecified atom stereocenters. The Morgan fingerprint density at radius 2 is 1.72 bits per heavy atom. The first-order valence-electron chi connectivity index (χ1n) is 11.3. The molecule has 0 saturated heterocycles. The highest BCUT2D eigenvalue weighted by Crippen LogP contribution is 2.32. The molecule has 5 aromatic rings. The number of amides is 1. The van der Waals surface area contributed by atoms with Gasteiger partial charge in [0.05, 0.1) is 24.5 Å². The molecule has 2 N–H and O–H groups in total. The molecule has 0 radical (unpaired) electrons. The largest absolute Gasteiger partial charge is 0.433 e. The number of halogens is 5. The fourth-order valence-electron chi connectivity index (χ4n) is 3.78. The van der Waals surface area contributed by atoms with Crippen LogP contribution in [-0.2, 0) is 19.3 Å². The highest BCUT2D eigenvalue weighted by atomic mass is 35.5. The van der Waals surface area contributed by atoms with Crippen molar-refractivity contribution in [1.29, 1.82) is 0 Å². The fraction of sp³-hybridized carbons (Fsp3) is 0.120. The molecule has 0 atom stereocenters. The Morgan fingerprint density at radius 3 is 2.33 bits per heavy atom. The molecule has 2 aromatic carbocycles. The molecule has 3 aromatic heterocycles. The third-order valence-electron chi connectivity index (χ3n) is 5.63. The molecule has 1 amide bonds. The van der Waals surface area contributed by atoms with Crippen molar-refractivity contribution in [3.05, 3.63) is 99.6 Å². The second-order valence-electron chi connectivity index (χ2n) is 8.37. The Morgan fingerprint density at radius 1 is 0.974 bits per heavy atom. The van der Waals surface area contributed by atoms with Crippen molar-refractivity contribution >= 4 is 29.1 Å². The standard InChI is InChI=1S/C25H17Cl2F3N8O/c26-18-7-17(8-19(27)9-18)21-10-20(16-5-6-22(31-11-16)25(28,29)30)35-38(21)13-14-1-3-15(4-2-14)24(39)32-12-23-33-36-37-34-23/h1-11H,12-13H2,(H,32,39)(H,33,34,36,37). The number of hydrogen-bond acceptors (Lipinski definition) is 6. The van der Waals surface area contributed by atoms with Crippen molar-refractivity contribution in [1.82, 2.24) is 40.7 Å². The van der Waals surface area contributed by atoms with Crippen molar-refractivity contribution < 1.29 is 18.0 Å². The summed E-state index contributed by atoms with van der Waals surface area (Å²) in [5.74, 6) is 0.0446. The molecular weight excluding hydrogens is 556 g/mol. The Balaban J connectivity index is 1.42. The van der Waals surface area contributed by atoms with Gasteiger partial charge in [0.2, 0.25) is 0 Å². The van der Waals surface area contributed by atoms with E-state index in [9.17, 15) is 18.0 Å². The predicted octanol–water partition coefficient (Wildman–Crippen LogP) is 5.43. The SMILES string of the molecule is O=C(NCc1nn[nH]n1)c1ccc(Cn2nc(-c3ccc(C(F)(F)F)nc3)cc2-c2cc(Cl)cc(Cl)c2)cc1. The van der Waals surface area contributed by atoms with Crippen LogP contribution in [0.5, 0.6) is 0 Å². The number of rotatable bonds is 7. The first-order valence-corrected chi connectivity index (χ1v) is 12.1. The zero-order chi connectivity index (χ0) is 27.6. The number of pyridine rings is 1. The summed E-state index contributed by atoms with van der Waals surface area (Å²) in [7, 11) is 0. The van der Waals surface area contributed by atoms with E-state index in [-0.39, 0.29) is 19.0 Å². The molecular formula is C25H17Cl2F3N8O. The number of nitrogens with zero attached hydrogens (tertiary/aromatic N) is 6. The monoisotopic (exact) mass is 572 g/mol. The van der Waals surface area contributed by atoms with Crippen LogP contribution in [-0.4, -0.2) is 41.3 Å². The topological polar surface area (TPSA) is 114 Å².